The fraction of sp³-hybridized carbons (Fsp3) is 0.316. The highest BCUT2D eigenvalue weighted by atomic mass is 16.5. The Labute approximate surface area is 137 Å². The van der Waals surface area contributed by atoms with Gasteiger partial charge in [0.05, 0.1) is 14.2 Å². The molecule has 0 bridgehead atoms. The summed E-state index contributed by atoms with van der Waals surface area (Å²) in [5.41, 5.74) is 1.22. The van der Waals surface area contributed by atoms with E-state index in [1.807, 2.05) is 50.2 Å². The number of methoxy groups -OCH3 is 2. The normalized spacial score (nSPS) is 11.0. The van der Waals surface area contributed by atoms with E-state index in [2.05, 4.69) is 5.32 Å². The van der Waals surface area contributed by atoms with Crippen LogP contribution in [0.1, 0.15) is 29.8 Å². The summed E-state index contributed by atoms with van der Waals surface area (Å²) in [5.74, 6) is 1.31. The van der Waals surface area contributed by atoms with E-state index in [0.717, 1.165) is 5.56 Å². The van der Waals surface area contributed by atoms with Crippen LogP contribution >= 0.6 is 0 Å². The molecule has 122 valence electrons. The maximum absolute atomic E-state index is 12.4. The van der Waals surface area contributed by atoms with E-state index in [0.29, 0.717) is 23.5 Å². The first kappa shape index (κ1) is 16.9. The van der Waals surface area contributed by atoms with Gasteiger partial charge in [0.15, 0.2) is 11.5 Å². The number of amides is 1. The Morgan fingerprint density at radius 3 is 2.30 bits per heavy atom. The number of hydrogen-bond donors (Lipinski definition) is 1. The van der Waals surface area contributed by atoms with Gasteiger partial charge in [-0.25, -0.2) is 0 Å². The van der Waals surface area contributed by atoms with Gasteiger partial charge in [-0.05, 0) is 38.5 Å². The standard InChI is InChI=1S/C19H23NO3/c1-19(2,20-18(21)14-9-6-5-7-10-14)13-15-11-8-12-16(22-3)17(15)23-4/h5-12H,13H2,1-4H3,(H,20,21). The van der Waals surface area contributed by atoms with Gasteiger partial charge in [-0.1, -0.05) is 30.3 Å². The predicted molar refractivity (Wildman–Crippen MR) is 91.2 cm³/mol. The quantitative estimate of drug-likeness (QED) is 0.888. The third-order valence-corrected chi connectivity index (χ3v) is 3.60. The number of hydrogen-bond acceptors (Lipinski definition) is 3. The van der Waals surface area contributed by atoms with Gasteiger partial charge in [0.2, 0.25) is 0 Å². The summed E-state index contributed by atoms with van der Waals surface area (Å²) in [6, 6.07) is 15.0. The average molecular weight is 313 g/mol. The number of ether oxygens (including phenoxy) is 2. The van der Waals surface area contributed by atoms with Gasteiger partial charge in [0, 0.05) is 16.7 Å². The van der Waals surface area contributed by atoms with E-state index in [1.54, 1.807) is 26.4 Å². The Morgan fingerprint density at radius 2 is 1.70 bits per heavy atom. The van der Waals surface area contributed by atoms with Crippen LogP contribution in [0.25, 0.3) is 0 Å². The fourth-order valence-electron chi connectivity index (χ4n) is 2.58. The van der Waals surface area contributed by atoms with E-state index >= 15 is 0 Å². The topological polar surface area (TPSA) is 47.6 Å². The number of rotatable bonds is 6. The van der Waals surface area contributed by atoms with E-state index in [-0.39, 0.29) is 5.91 Å². The van der Waals surface area contributed by atoms with Crippen LogP contribution in [-0.4, -0.2) is 25.7 Å². The van der Waals surface area contributed by atoms with Gasteiger partial charge in [-0.15, -0.1) is 0 Å². The molecular formula is C19H23NO3. The molecule has 4 heteroatoms. The third kappa shape index (κ3) is 4.25. The molecule has 23 heavy (non-hydrogen) atoms. The molecule has 0 atom stereocenters. The summed E-state index contributed by atoms with van der Waals surface area (Å²) in [5, 5.41) is 3.07. The minimum Gasteiger partial charge on any atom is -0.493 e. The van der Waals surface area contributed by atoms with Crippen LogP contribution < -0.4 is 14.8 Å². The van der Waals surface area contributed by atoms with Crippen molar-refractivity contribution >= 4 is 5.91 Å². The Bertz CT molecular complexity index is 666. The van der Waals surface area contributed by atoms with Crippen LogP contribution in [0.5, 0.6) is 11.5 Å². The van der Waals surface area contributed by atoms with Crippen LogP contribution in [0.3, 0.4) is 0 Å². The summed E-state index contributed by atoms with van der Waals surface area (Å²) in [6.07, 6.45) is 0.631. The molecule has 4 nitrogen and oxygen atoms in total. The lowest BCUT2D eigenvalue weighted by Gasteiger charge is -2.27. The van der Waals surface area contributed by atoms with Crippen molar-refractivity contribution in [1.29, 1.82) is 0 Å². The van der Waals surface area contributed by atoms with E-state index in [4.69, 9.17) is 9.47 Å². The second-order valence-corrected chi connectivity index (χ2v) is 6.03. The zero-order valence-corrected chi connectivity index (χ0v) is 14.1. The van der Waals surface area contributed by atoms with Crippen molar-refractivity contribution in [3.05, 3.63) is 59.7 Å². The first-order valence-corrected chi connectivity index (χ1v) is 7.54. The molecule has 0 saturated heterocycles. The van der Waals surface area contributed by atoms with Crippen molar-refractivity contribution in [2.75, 3.05) is 14.2 Å². The van der Waals surface area contributed by atoms with Gasteiger partial charge < -0.3 is 14.8 Å². The molecule has 2 aromatic rings. The average Bonchev–Trinajstić information content (AvgIpc) is 2.54. The first-order chi connectivity index (χ1) is 11.0. The molecular weight excluding hydrogens is 290 g/mol. The van der Waals surface area contributed by atoms with Crippen LogP contribution in [0.15, 0.2) is 48.5 Å². The molecule has 0 aliphatic heterocycles. The number of carbonyl (C=O) groups is 1. The summed E-state index contributed by atoms with van der Waals surface area (Å²) in [4.78, 5) is 12.4. The second-order valence-electron chi connectivity index (χ2n) is 6.03. The number of nitrogens with one attached hydrogen (secondary N) is 1. The minimum atomic E-state index is -0.424. The van der Waals surface area contributed by atoms with E-state index < -0.39 is 5.54 Å². The van der Waals surface area contributed by atoms with Crippen molar-refractivity contribution < 1.29 is 14.3 Å². The lowest BCUT2D eigenvalue weighted by atomic mass is 9.93. The molecule has 2 rings (SSSR count). The first-order valence-electron chi connectivity index (χ1n) is 7.54. The van der Waals surface area contributed by atoms with Gasteiger partial charge >= 0.3 is 0 Å². The molecule has 0 fully saturated rings. The van der Waals surface area contributed by atoms with Crippen LogP contribution in [0, 0.1) is 0 Å². The molecule has 2 aromatic carbocycles. The lowest BCUT2D eigenvalue weighted by Crippen LogP contribution is -2.45. The Hall–Kier alpha value is -2.49. The molecule has 0 spiro atoms. The molecule has 0 aliphatic rings. The van der Waals surface area contributed by atoms with Crippen molar-refractivity contribution in [3.8, 4) is 11.5 Å². The van der Waals surface area contributed by atoms with Crippen LogP contribution in [0.4, 0.5) is 0 Å². The van der Waals surface area contributed by atoms with E-state index in [1.165, 1.54) is 0 Å². The molecule has 1 amide bonds. The van der Waals surface area contributed by atoms with Gasteiger partial charge in [0.1, 0.15) is 0 Å². The maximum Gasteiger partial charge on any atom is 0.251 e. The molecule has 0 aliphatic carbocycles. The number of para-hydroxylation sites is 1. The van der Waals surface area contributed by atoms with Gasteiger partial charge in [0.25, 0.3) is 5.91 Å². The molecule has 0 aromatic heterocycles. The zero-order chi connectivity index (χ0) is 16.9. The second kappa shape index (κ2) is 7.18. The van der Waals surface area contributed by atoms with Crippen LogP contribution in [0.2, 0.25) is 0 Å². The lowest BCUT2D eigenvalue weighted by molar-refractivity contribution is 0.0912. The molecule has 1 N–H and O–H groups in total. The Morgan fingerprint density at radius 1 is 1.00 bits per heavy atom. The van der Waals surface area contributed by atoms with Crippen molar-refractivity contribution in [1.82, 2.24) is 5.32 Å². The summed E-state index contributed by atoms with van der Waals surface area (Å²) < 4.78 is 10.8. The molecule has 0 unspecified atom stereocenters. The largest absolute Gasteiger partial charge is 0.493 e. The number of benzene rings is 2. The molecule has 0 saturated carbocycles. The minimum absolute atomic E-state index is 0.0857. The smallest absolute Gasteiger partial charge is 0.251 e. The third-order valence-electron chi connectivity index (χ3n) is 3.60. The van der Waals surface area contributed by atoms with Crippen molar-refractivity contribution in [2.45, 2.75) is 25.8 Å². The van der Waals surface area contributed by atoms with Crippen molar-refractivity contribution in [2.24, 2.45) is 0 Å². The molecule has 0 heterocycles. The summed E-state index contributed by atoms with van der Waals surface area (Å²) in [7, 11) is 3.24. The Balaban J connectivity index is 2.17. The maximum atomic E-state index is 12.4. The van der Waals surface area contributed by atoms with Gasteiger partial charge in [-0.3, -0.25) is 4.79 Å². The van der Waals surface area contributed by atoms with E-state index in [9.17, 15) is 4.79 Å². The summed E-state index contributed by atoms with van der Waals surface area (Å²) >= 11 is 0. The highest BCUT2D eigenvalue weighted by Crippen LogP contribution is 2.32. The molecule has 0 radical (unpaired) electrons. The fourth-order valence-corrected chi connectivity index (χ4v) is 2.58. The summed E-state index contributed by atoms with van der Waals surface area (Å²) in [6.45, 7) is 3.99. The SMILES string of the molecule is COc1cccc(CC(C)(C)NC(=O)c2ccccc2)c1OC. The van der Waals surface area contributed by atoms with Crippen molar-refractivity contribution in [3.63, 3.8) is 0 Å². The Kier molecular flexibility index (Phi) is 5.27. The van der Waals surface area contributed by atoms with Crippen LogP contribution in [-0.2, 0) is 6.42 Å². The highest BCUT2D eigenvalue weighted by molar-refractivity contribution is 5.94. The predicted octanol–water partition coefficient (Wildman–Crippen LogP) is 3.45. The van der Waals surface area contributed by atoms with Gasteiger partial charge in [-0.2, -0.15) is 0 Å². The highest BCUT2D eigenvalue weighted by Gasteiger charge is 2.24. The zero-order valence-electron chi connectivity index (χ0n) is 14.1. The number of carbonyl (C=O) groups excluding carboxylic acids is 1. The monoisotopic (exact) mass is 313 g/mol.